The summed E-state index contributed by atoms with van der Waals surface area (Å²) < 4.78 is 10.5. The van der Waals surface area contributed by atoms with E-state index >= 15 is 0 Å². The minimum atomic E-state index is -0.391. The molecule has 1 atom stereocenters. The molecule has 6 heteroatoms. The molecule has 1 aromatic rings. The van der Waals surface area contributed by atoms with Gasteiger partial charge in [-0.1, -0.05) is 24.6 Å². The second-order valence-electron chi connectivity index (χ2n) is 6.32. The smallest absolute Gasteiger partial charge is 0.270 e. The molecule has 6 nitrogen and oxygen atoms in total. The molecule has 2 amide bonds. The highest BCUT2D eigenvalue weighted by Gasteiger charge is 2.25. The van der Waals surface area contributed by atoms with Crippen molar-refractivity contribution in [3.63, 3.8) is 0 Å². The Morgan fingerprint density at radius 1 is 1.21 bits per heavy atom. The number of fused-ring (bicyclic) bond motifs is 1. The molecule has 1 aliphatic carbocycles. The molecule has 0 spiro atoms. The summed E-state index contributed by atoms with van der Waals surface area (Å²) in [7, 11) is 3.12. The zero-order valence-electron chi connectivity index (χ0n) is 16.1. The molecule has 1 heterocycles. The van der Waals surface area contributed by atoms with E-state index in [-0.39, 0.29) is 11.8 Å². The number of amides is 2. The summed E-state index contributed by atoms with van der Waals surface area (Å²) in [6, 6.07) is 5.37. The second-order valence-corrected chi connectivity index (χ2v) is 6.32. The summed E-state index contributed by atoms with van der Waals surface area (Å²) >= 11 is 0. The van der Waals surface area contributed by atoms with Crippen molar-refractivity contribution >= 4 is 23.6 Å². The van der Waals surface area contributed by atoms with Crippen molar-refractivity contribution in [2.75, 3.05) is 14.2 Å². The Kier molecular flexibility index (Phi) is 5.89. The summed E-state index contributed by atoms with van der Waals surface area (Å²) in [4.78, 5) is 28.1. The molecule has 1 aliphatic heterocycles. The lowest BCUT2D eigenvalue weighted by atomic mass is 9.86. The van der Waals surface area contributed by atoms with E-state index < -0.39 is 5.91 Å². The fourth-order valence-corrected chi connectivity index (χ4v) is 3.15. The molecular weight excluding hydrogens is 356 g/mol. The molecular formula is C22H22N2O4. The van der Waals surface area contributed by atoms with E-state index in [9.17, 15) is 9.59 Å². The minimum absolute atomic E-state index is 0.0408. The number of rotatable bonds is 5. The van der Waals surface area contributed by atoms with Crippen LogP contribution in [-0.2, 0) is 9.59 Å². The van der Waals surface area contributed by atoms with Crippen LogP contribution in [0.3, 0.4) is 0 Å². The van der Waals surface area contributed by atoms with Crippen molar-refractivity contribution in [1.82, 2.24) is 5.32 Å². The highest BCUT2D eigenvalue weighted by atomic mass is 16.5. The van der Waals surface area contributed by atoms with E-state index in [0.29, 0.717) is 17.2 Å². The molecule has 0 aromatic heterocycles. The van der Waals surface area contributed by atoms with Crippen LogP contribution in [0.25, 0.3) is 6.08 Å². The second kappa shape index (κ2) is 8.52. The fourth-order valence-electron chi connectivity index (χ4n) is 3.15. The van der Waals surface area contributed by atoms with Gasteiger partial charge in [0.05, 0.1) is 19.9 Å². The van der Waals surface area contributed by atoms with Crippen molar-refractivity contribution < 1.29 is 19.1 Å². The summed E-state index contributed by atoms with van der Waals surface area (Å²) in [5.74, 6) is 0.711. The summed E-state index contributed by atoms with van der Waals surface area (Å²) in [5.41, 5.74) is 3.10. The van der Waals surface area contributed by atoms with Gasteiger partial charge in [0.25, 0.3) is 5.91 Å². The largest absolute Gasteiger partial charge is 0.493 e. The van der Waals surface area contributed by atoms with Crippen LogP contribution in [0, 0.1) is 5.92 Å². The average Bonchev–Trinajstić information content (AvgIpc) is 2.71. The maximum Gasteiger partial charge on any atom is 0.270 e. The minimum Gasteiger partial charge on any atom is -0.493 e. The number of benzene rings is 1. The highest BCUT2D eigenvalue weighted by molar-refractivity contribution is 6.13. The van der Waals surface area contributed by atoms with E-state index in [1.165, 1.54) is 6.08 Å². The number of hydrogen-bond donors (Lipinski definition) is 1. The third kappa shape index (κ3) is 4.28. The third-order valence-electron chi connectivity index (χ3n) is 4.55. The number of allylic oxidation sites excluding steroid dienone is 3. The Morgan fingerprint density at radius 2 is 2.00 bits per heavy atom. The number of ether oxygens (including phenoxy) is 2. The van der Waals surface area contributed by atoms with Gasteiger partial charge in [0, 0.05) is 23.8 Å². The molecule has 0 saturated heterocycles. The molecule has 144 valence electrons. The zero-order valence-corrected chi connectivity index (χ0v) is 16.1. The molecule has 1 aromatic carbocycles. The van der Waals surface area contributed by atoms with Gasteiger partial charge in [0.1, 0.15) is 0 Å². The number of methoxy groups -OCH3 is 2. The molecule has 1 unspecified atom stereocenters. The van der Waals surface area contributed by atoms with Crippen LogP contribution in [-0.4, -0.2) is 31.7 Å². The maximum absolute atomic E-state index is 12.2. The standard InChI is InChI=1S/C22H22N2O4/c1-4-15-12-22(26)24-18-13-16(7-8-17(15)18)23-21(25)10-6-14-5-9-19(27-2)20(11-14)28-3/h5-13,17H,4H2,1-3H3,(H,24,26)/b10-6-,23-16?. The van der Waals surface area contributed by atoms with Crippen LogP contribution in [0.5, 0.6) is 11.5 Å². The number of nitrogens with zero attached hydrogens (tertiary/aromatic N) is 1. The van der Waals surface area contributed by atoms with Crippen LogP contribution < -0.4 is 14.8 Å². The van der Waals surface area contributed by atoms with Crippen LogP contribution in [0.4, 0.5) is 0 Å². The van der Waals surface area contributed by atoms with E-state index in [1.807, 2.05) is 19.1 Å². The van der Waals surface area contributed by atoms with Crippen LogP contribution in [0.1, 0.15) is 18.9 Å². The molecule has 1 N–H and O–H groups in total. The van der Waals surface area contributed by atoms with Gasteiger partial charge in [0.2, 0.25) is 5.91 Å². The Hall–Kier alpha value is -3.41. The van der Waals surface area contributed by atoms with E-state index in [1.54, 1.807) is 50.7 Å². The summed E-state index contributed by atoms with van der Waals surface area (Å²) in [6.45, 7) is 2.02. The third-order valence-corrected chi connectivity index (χ3v) is 4.55. The molecule has 0 bridgehead atoms. The van der Waals surface area contributed by atoms with Gasteiger partial charge in [-0.15, -0.1) is 0 Å². The first-order valence-electron chi connectivity index (χ1n) is 8.98. The summed E-state index contributed by atoms with van der Waals surface area (Å²) in [6.07, 6.45) is 11.0. The predicted octanol–water partition coefficient (Wildman–Crippen LogP) is 3.22. The number of hydrogen-bond acceptors (Lipinski definition) is 4. The number of aliphatic imine (C=N–C) groups is 1. The Bertz CT molecular complexity index is 951. The lowest BCUT2D eigenvalue weighted by Gasteiger charge is -2.26. The van der Waals surface area contributed by atoms with Gasteiger partial charge < -0.3 is 14.8 Å². The van der Waals surface area contributed by atoms with Crippen LogP contribution in [0.15, 0.2) is 64.8 Å². The first-order chi connectivity index (χ1) is 13.5. The predicted molar refractivity (Wildman–Crippen MR) is 108 cm³/mol. The van der Waals surface area contributed by atoms with E-state index in [0.717, 1.165) is 23.3 Å². The Balaban J connectivity index is 1.74. The first kappa shape index (κ1) is 19.4. The zero-order chi connectivity index (χ0) is 20.1. The lowest BCUT2D eigenvalue weighted by Crippen LogP contribution is -2.33. The monoisotopic (exact) mass is 378 g/mol. The number of carbonyl (C=O) groups excluding carboxylic acids is 2. The molecule has 0 saturated carbocycles. The highest BCUT2D eigenvalue weighted by Crippen LogP contribution is 2.29. The molecule has 0 radical (unpaired) electrons. The number of carbonyl (C=O) groups is 2. The average molecular weight is 378 g/mol. The quantitative estimate of drug-likeness (QED) is 0.798. The van der Waals surface area contributed by atoms with Crippen LogP contribution in [0.2, 0.25) is 0 Å². The molecule has 0 fully saturated rings. The first-order valence-corrected chi connectivity index (χ1v) is 8.98. The topological polar surface area (TPSA) is 77.0 Å². The normalized spacial score (nSPS) is 19.8. The maximum atomic E-state index is 12.2. The van der Waals surface area contributed by atoms with Crippen molar-refractivity contribution in [2.24, 2.45) is 10.9 Å². The van der Waals surface area contributed by atoms with Gasteiger partial charge in [-0.2, -0.15) is 0 Å². The van der Waals surface area contributed by atoms with Gasteiger partial charge in [-0.25, -0.2) is 4.99 Å². The lowest BCUT2D eigenvalue weighted by molar-refractivity contribution is -0.116. The summed E-state index contributed by atoms with van der Waals surface area (Å²) in [5, 5.41) is 2.83. The van der Waals surface area contributed by atoms with E-state index in [4.69, 9.17) is 9.47 Å². The fraction of sp³-hybridized carbons (Fsp3) is 0.227. The van der Waals surface area contributed by atoms with Crippen molar-refractivity contribution in [3.8, 4) is 11.5 Å². The van der Waals surface area contributed by atoms with Gasteiger partial charge >= 0.3 is 0 Å². The van der Waals surface area contributed by atoms with Crippen molar-refractivity contribution in [1.29, 1.82) is 0 Å². The SMILES string of the molecule is CCC1=CC(=O)NC2=CC(=NC(=O)/C=C\c3ccc(OC)c(OC)c3)C=CC12. The van der Waals surface area contributed by atoms with E-state index in [2.05, 4.69) is 10.3 Å². The van der Waals surface area contributed by atoms with Crippen LogP contribution >= 0.6 is 0 Å². The van der Waals surface area contributed by atoms with Crippen molar-refractivity contribution in [3.05, 3.63) is 65.4 Å². The molecule has 2 aliphatic rings. The van der Waals surface area contributed by atoms with Gasteiger partial charge in [-0.05, 0) is 42.3 Å². The van der Waals surface area contributed by atoms with Gasteiger partial charge in [-0.3, -0.25) is 9.59 Å². The number of nitrogens with one attached hydrogen (secondary N) is 1. The van der Waals surface area contributed by atoms with Gasteiger partial charge in [0.15, 0.2) is 11.5 Å². The van der Waals surface area contributed by atoms with Crippen molar-refractivity contribution in [2.45, 2.75) is 13.3 Å². The Morgan fingerprint density at radius 3 is 2.71 bits per heavy atom. The molecule has 28 heavy (non-hydrogen) atoms. The Labute approximate surface area is 163 Å². The molecule has 3 rings (SSSR count).